The summed E-state index contributed by atoms with van der Waals surface area (Å²) in [5.41, 5.74) is 8.06. The molecule has 106 valence electrons. The van der Waals surface area contributed by atoms with E-state index in [-0.39, 0.29) is 0 Å². The SMILES string of the molecule is Cc1cc(C)c(-c2ccc(CNC(C)C)cc2)cc1C. The fraction of sp³-hybridized carbons (Fsp3) is 0.368. The van der Waals surface area contributed by atoms with Gasteiger partial charge in [-0.1, -0.05) is 50.2 Å². The molecular weight excluding hydrogens is 242 g/mol. The quantitative estimate of drug-likeness (QED) is 0.841. The maximum absolute atomic E-state index is 3.45. The Balaban J connectivity index is 2.24. The van der Waals surface area contributed by atoms with Crippen LogP contribution in [0, 0.1) is 20.8 Å². The van der Waals surface area contributed by atoms with Gasteiger partial charge in [0.05, 0.1) is 0 Å². The minimum absolute atomic E-state index is 0.525. The standard InChI is InChI=1S/C19H25N/c1-13(2)20-12-17-6-8-18(9-7-17)19-11-15(4)14(3)10-16(19)5/h6-11,13,20H,12H2,1-5H3. The van der Waals surface area contributed by atoms with Gasteiger partial charge in [0, 0.05) is 12.6 Å². The summed E-state index contributed by atoms with van der Waals surface area (Å²) in [5, 5.41) is 3.45. The fourth-order valence-electron chi connectivity index (χ4n) is 2.40. The Morgan fingerprint density at radius 3 is 2.05 bits per heavy atom. The molecule has 0 amide bonds. The van der Waals surface area contributed by atoms with E-state index in [1.165, 1.54) is 33.4 Å². The number of aryl methyl sites for hydroxylation is 3. The first kappa shape index (κ1) is 14.8. The molecule has 0 unspecified atom stereocenters. The molecule has 1 heteroatoms. The van der Waals surface area contributed by atoms with Gasteiger partial charge >= 0.3 is 0 Å². The first-order valence-corrected chi connectivity index (χ1v) is 7.38. The van der Waals surface area contributed by atoms with Crippen LogP contribution < -0.4 is 5.32 Å². The van der Waals surface area contributed by atoms with E-state index < -0.39 is 0 Å². The smallest absolute Gasteiger partial charge is 0.0207 e. The zero-order valence-electron chi connectivity index (χ0n) is 13.2. The normalized spacial score (nSPS) is 11.1. The van der Waals surface area contributed by atoms with Gasteiger partial charge in [0.2, 0.25) is 0 Å². The summed E-state index contributed by atoms with van der Waals surface area (Å²) >= 11 is 0. The molecule has 0 aliphatic rings. The number of hydrogen-bond donors (Lipinski definition) is 1. The molecule has 2 rings (SSSR count). The van der Waals surface area contributed by atoms with Gasteiger partial charge < -0.3 is 5.32 Å². The van der Waals surface area contributed by atoms with Crippen molar-refractivity contribution in [2.24, 2.45) is 0 Å². The molecule has 0 saturated heterocycles. The van der Waals surface area contributed by atoms with Gasteiger partial charge in [-0.25, -0.2) is 0 Å². The van der Waals surface area contributed by atoms with Crippen molar-refractivity contribution in [2.45, 2.75) is 47.2 Å². The van der Waals surface area contributed by atoms with E-state index in [1.807, 2.05) is 0 Å². The molecule has 0 radical (unpaired) electrons. The van der Waals surface area contributed by atoms with Crippen LogP contribution in [0.25, 0.3) is 11.1 Å². The zero-order chi connectivity index (χ0) is 14.7. The van der Waals surface area contributed by atoms with E-state index in [4.69, 9.17) is 0 Å². The van der Waals surface area contributed by atoms with Gasteiger partial charge in [-0.2, -0.15) is 0 Å². The van der Waals surface area contributed by atoms with Crippen LogP contribution in [-0.4, -0.2) is 6.04 Å². The van der Waals surface area contributed by atoms with Gasteiger partial charge in [0.25, 0.3) is 0 Å². The monoisotopic (exact) mass is 267 g/mol. The highest BCUT2D eigenvalue weighted by atomic mass is 14.9. The Hall–Kier alpha value is -1.60. The van der Waals surface area contributed by atoms with Crippen LogP contribution in [0.4, 0.5) is 0 Å². The third-order valence-corrected chi connectivity index (χ3v) is 3.82. The number of nitrogens with one attached hydrogen (secondary N) is 1. The van der Waals surface area contributed by atoms with Crippen LogP contribution in [0.3, 0.4) is 0 Å². The van der Waals surface area contributed by atoms with Crippen LogP contribution in [0.15, 0.2) is 36.4 Å². The Morgan fingerprint density at radius 1 is 0.850 bits per heavy atom. The molecule has 0 spiro atoms. The van der Waals surface area contributed by atoms with Gasteiger partial charge in [-0.15, -0.1) is 0 Å². The lowest BCUT2D eigenvalue weighted by Gasteiger charge is -2.12. The molecule has 2 aromatic carbocycles. The lowest BCUT2D eigenvalue weighted by molar-refractivity contribution is 0.589. The van der Waals surface area contributed by atoms with Gasteiger partial charge in [-0.05, 0) is 54.2 Å². The maximum Gasteiger partial charge on any atom is 0.0207 e. The van der Waals surface area contributed by atoms with Crippen molar-refractivity contribution in [1.29, 1.82) is 0 Å². The summed E-state index contributed by atoms with van der Waals surface area (Å²) in [5.74, 6) is 0. The Labute approximate surface area is 123 Å². The van der Waals surface area contributed by atoms with Crippen LogP contribution in [-0.2, 0) is 6.54 Å². The Morgan fingerprint density at radius 2 is 1.45 bits per heavy atom. The Bertz CT molecular complexity index is 579. The van der Waals surface area contributed by atoms with Crippen LogP contribution in [0.1, 0.15) is 36.1 Å². The van der Waals surface area contributed by atoms with Crippen LogP contribution >= 0.6 is 0 Å². The van der Waals surface area contributed by atoms with Crippen molar-refractivity contribution >= 4 is 0 Å². The van der Waals surface area contributed by atoms with Crippen molar-refractivity contribution in [3.05, 3.63) is 58.7 Å². The number of rotatable bonds is 4. The highest BCUT2D eigenvalue weighted by Gasteiger charge is 2.05. The lowest BCUT2D eigenvalue weighted by Crippen LogP contribution is -2.21. The molecule has 2 aromatic rings. The molecule has 0 saturated carbocycles. The summed E-state index contributed by atoms with van der Waals surface area (Å²) in [6.45, 7) is 11.8. The predicted molar refractivity (Wildman–Crippen MR) is 88.1 cm³/mol. The Kier molecular flexibility index (Phi) is 4.61. The molecule has 0 heterocycles. The van der Waals surface area contributed by atoms with Crippen molar-refractivity contribution in [3.63, 3.8) is 0 Å². The molecule has 0 aromatic heterocycles. The lowest BCUT2D eigenvalue weighted by atomic mass is 9.95. The topological polar surface area (TPSA) is 12.0 Å². The second-order valence-electron chi connectivity index (χ2n) is 5.98. The zero-order valence-corrected chi connectivity index (χ0v) is 13.2. The van der Waals surface area contributed by atoms with Crippen LogP contribution in [0.5, 0.6) is 0 Å². The summed E-state index contributed by atoms with van der Waals surface area (Å²) < 4.78 is 0. The van der Waals surface area contributed by atoms with Crippen LogP contribution in [0.2, 0.25) is 0 Å². The van der Waals surface area contributed by atoms with E-state index in [0.717, 1.165) is 6.54 Å². The highest BCUT2D eigenvalue weighted by Crippen LogP contribution is 2.26. The van der Waals surface area contributed by atoms with E-state index in [2.05, 4.69) is 76.3 Å². The molecule has 0 fully saturated rings. The van der Waals surface area contributed by atoms with Gasteiger partial charge in [0.1, 0.15) is 0 Å². The van der Waals surface area contributed by atoms with E-state index in [0.29, 0.717) is 6.04 Å². The van der Waals surface area contributed by atoms with Gasteiger partial charge in [-0.3, -0.25) is 0 Å². The van der Waals surface area contributed by atoms with Crippen molar-refractivity contribution in [1.82, 2.24) is 5.32 Å². The van der Waals surface area contributed by atoms with E-state index in [9.17, 15) is 0 Å². The molecule has 1 nitrogen and oxygen atoms in total. The minimum Gasteiger partial charge on any atom is -0.310 e. The van der Waals surface area contributed by atoms with Crippen molar-refractivity contribution in [2.75, 3.05) is 0 Å². The largest absolute Gasteiger partial charge is 0.310 e. The molecular formula is C19H25N. The molecule has 0 aliphatic carbocycles. The first-order chi connectivity index (χ1) is 9.47. The molecule has 20 heavy (non-hydrogen) atoms. The molecule has 1 N–H and O–H groups in total. The average molecular weight is 267 g/mol. The predicted octanol–water partition coefficient (Wildman–Crippen LogP) is 4.78. The number of hydrogen-bond acceptors (Lipinski definition) is 1. The van der Waals surface area contributed by atoms with E-state index >= 15 is 0 Å². The second-order valence-corrected chi connectivity index (χ2v) is 5.98. The van der Waals surface area contributed by atoms with E-state index in [1.54, 1.807) is 0 Å². The third kappa shape index (κ3) is 3.49. The molecule has 0 aliphatic heterocycles. The summed E-state index contributed by atoms with van der Waals surface area (Å²) in [6.07, 6.45) is 0. The van der Waals surface area contributed by atoms with Crippen molar-refractivity contribution in [3.8, 4) is 11.1 Å². The third-order valence-electron chi connectivity index (χ3n) is 3.82. The fourth-order valence-corrected chi connectivity index (χ4v) is 2.40. The maximum atomic E-state index is 3.45. The second kappa shape index (κ2) is 6.23. The summed E-state index contributed by atoms with van der Waals surface area (Å²) in [7, 11) is 0. The summed E-state index contributed by atoms with van der Waals surface area (Å²) in [4.78, 5) is 0. The molecule has 0 atom stereocenters. The van der Waals surface area contributed by atoms with Gasteiger partial charge in [0.15, 0.2) is 0 Å². The van der Waals surface area contributed by atoms with Crippen molar-refractivity contribution < 1.29 is 0 Å². The minimum atomic E-state index is 0.525. The molecule has 0 bridgehead atoms. The number of benzene rings is 2. The average Bonchev–Trinajstić information content (AvgIpc) is 2.41. The summed E-state index contributed by atoms with van der Waals surface area (Å²) in [6, 6.07) is 14.0. The first-order valence-electron chi connectivity index (χ1n) is 7.38. The highest BCUT2D eigenvalue weighted by molar-refractivity contribution is 5.68.